The quantitative estimate of drug-likeness (QED) is 0.483. The SMILES string of the molecule is COC(OC)C(C)(C)[C@@H](C(=O)O)N(C)C(=O)[C@@H](C)N(C)C(=O)OCC1c2ccccc2-c2ccccc21. The fourth-order valence-electron chi connectivity index (χ4n) is 5.26. The van der Waals surface area contributed by atoms with Crippen LogP contribution < -0.4 is 0 Å². The maximum atomic E-state index is 13.3. The van der Waals surface area contributed by atoms with Crippen LogP contribution in [0.2, 0.25) is 0 Å². The third-order valence-corrected chi connectivity index (χ3v) is 7.27. The van der Waals surface area contributed by atoms with Crippen molar-refractivity contribution >= 4 is 18.0 Å². The molecular weight excluding hydrogens is 476 g/mol. The van der Waals surface area contributed by atoms with E-state index in [-0.39, 0.29) is 12.5 Å². The number of likely N-dealkylation sites (N-methyl/N-ethyl adjacent to an activating group) is 2. The molecule has 3 rings (SSSR count). The molecule has 0 radical (unpaired) electrons. The fourth-order valence-corrected chi connectivity index (χ4v) is 5.26. The maximum Gasteiger partial charge on any atom is 0.410 e. The Morgan fingerprint density at radius 2 is 1.41 bits per heavy atom. The minimum absolute atomic E-state index is 0.113. The number of amides is 2. The van der Waals surface area contributed by atoms with Gasteiger partial charge in [-0.05, 0) is 29.2 Å². The van der Waals surface area contributed by atoms with Gasteiger partial charge in [0.1, 0.15) is 18.7 Å². The van der Waals surface area contributed by atoms with Crippen LogP contribution in [0.5, 0.6) is 0 Å². The molecule has 2 aromatic carbocycles. The van der Waals surface area contributed by atoms with E-state index in [0.717, 1.165) is 27.2 Å². The number of carbonyl (C=O) groups is 3. The predicted octanol–water partition coefficient (Wildman–Crippen LogP) is 3.81. The summed E-state index contributed by atoms with van der Waals surface area (Å²) in [6.07, 6.45) is -1.55. The lowest BCUT2D eigenvalue weighted by molar-refractivity contribution is -0.197. The van der Waals surface area contributed by atoms with Gasteiger partial charge in [0.25, 0.3) is 0 Å². The Morgan fingerprint density at radius 1 is 0.919 bits per heavy atom. The van der Waals surface area contributed by atoms with Gasteiger partial charge in [-0.1, -0.05) is 62.4 Å². The highest BCUT2D eigenvalue weighted by Crippen LogP contribution is 2.44. The van der Waals surface area contributed by atoms with E-state index in [4.69, 9.17) is 14.2 Å². The van der Waals surface area contributed by atoms with Gasteiger partial charge in [0.15, 0.2) is 6.29 Å². The van der Waals surface area contributed by atoms with Gasteiger partial charge >= 0.3 is 12.1 Å². The average molecular weight is 513 g/mol. The van der Waals surface area contributed by atoms with Crippen LogP contribution in [0.3, 0.4) is 0 Å². The van der Waals surface area contributed by atoms with Crippen LogP contribution in [0, 0.1) is 5.41 Å². The first-order valence-electron chi connectivity index (χ1n) is 12.1. The second kappa shape index (κ2) is 11.3. The number of nitrogens with zero attached hydrogens (tertiary/aromatic N) is 2. The summed E-state index contributed by atoms with van der Waals surface area (Å²) in [5, 5.41) is 9.95. The lowest BCUT2D eigenvalue weighted by Crippen LogP contribution is -2.59. The highest BCUT2D eigenvalue weighted by Gasteiger charge is 2.47. The molecule has 0 heterocycles. The van der Waals surface area contributed by atoms with Gasteiger partial charge in [0, 0.05) is 39.6 Å². The number of carbonyl (C=O) groups excluding carboxylic acids is 2. The van der Waals surface area contributed by atoms with Crippen molar-refractivity contribution in [3.63, 3.8) is 0 Å². The number of carboxylic acid groups (broad SMARTS) is 1. The van der Waals surface area contributed by atoms with Crippen molar-refractivity contribution in [2.24, 2.45) is 5.41 Å². The highest BCUT2D eigenvalue weighted by molar-refractivity contribution is 5.89. The Morgan fingerprint density at radius 3 is 1.86 bits per heavy atom. The summed E-state index contributed by atoms with van der Waals surface area (Å²) in [6, 6.07) is 13.8. The molecule has 0 unspecified atom stereocenters. The third kappa shape index (κ3) is 5.33. The molecular formula is C28H36N2O7. The summed E-state index contributed by atoms with van der Waals surface area (Å²) in [6.45, 7) is 4.94. The van der Waals surface area contributed by atoms with Gasteiger partial charge in [0.2, 0.25) is 5.91 Å². The molecule has 1 aliphatic carbocycles. The lowest BCUT2D eigenvalue weighted by Gasteiger charge is -2.42. The van der Waals surface area contributed by atoms with Crippen molar-refractivity contribution in [2.45, 2.75) is 45.1 Å². The number of aliphatic carboxylic acids is 1. The smallest absolute Gasteiger partial charge is 0.410 e. The molecule has 0 fully saturated rings. The zero-order chi connectivity index (χ0) is 27.5. The molecule has 0 aromatic heterocycles. The first-order valence-corrected chi connectivity index (χ1v) is 12.1. The fraction of sp³-hybridized carbons (Fsp3) is 0.464. The predicted molar refractivity (Wildman–Crippen MR) is 138 cm³/mol. The summed E-state index contributed by atoms with van der Waals surface area (Å²) >= 11 is 0. The Kier molecular flexibility index (Phi) is 8.60. The third-order valence-electron chi connectivity index (χ3n) is 7.27. The first kappa shape index (κ1) is 28.1. The molecule has 2 atom stereocenters. The van der Waals surface area contributed by atoms with E-state index < -0.39 is 41.8 Å². The number of carboxylic acids is 1. The van der Waals surface area contributed by atoms with Crippen LogP contribution >= 0.6 is 0 Å². The Balaban J connectivity index is 1.72. The number of rotatable bonds is 10. The molecule has 0 saturated carbocycles. The molecule has 0 spiro atoms. The number of hydrogen-bond donors (Lipinski definition) is 1. The molecule has 1 aliphatic rings. The lowest BCUT2D eigenvalue weighted by atomic mass is 9.82. The molecule has 37 heavy (non-hydrogen) atoms. The van der Waals surface area contributed by atoms with E-state index >= 15 is 0 Å². The zero-order valence-corrected chi connectivity index (χ0v) is 22.4. The largest absolute Gasteiger partial charge is 0.480 e. The van der Waals surface area contributed by atoms with Crippen molar-refractivity contribution < 1.29 is 33.7 Å². The van der Waals surface area contributed by atoms with Gasteiger partial charge in [-0.2, -0.15) is 0 Å². The normalized spacial score (nSPS) is 14.5. The number of fused-ring (bicyclic) bond motifs is 3. The molecule has 0 saturated heterocycles. The Bertz CT molecular complexity index is 1100. The number of hydrogen-bond acceptors (Lipinski definition) is 6. The van der Waals surface area contributed by atoms with Crippen LogP contribution in [0.1, 0.15) is 37.8 Å². The van der Waals surface area contributed by atoms with Crippen molar-refractivity contribution in [3.05, 3.63) is 59.7 Å². The van der Waals surface area contributed by atoms with Crippen molar-refractivity contribution in [1.82, 2.24) is 9.80 Å². The van der Waals surface area contributed by atoms with Crippen LogP contribution in [-0.2, 0) is 23.8 Å². The molecule has 9 nitrogen and oxygen atoms in total. The molecule has 200 valence electrons. The Hall–Kier alpha value is -3.43. The molecule has 2 amide bonds. The van der Waals surface area contributed by atoms with E-state index in [1.165, 1.54) is 40.1 Å². The van der Waals surface area contributed by atoms with E-state index in [1.807, 2.05) is 36.4 Å². The summed E-state index contributed by atoms with van der Waals surface area (Å²) < 4.78 is 16.2. The van der Waals surface area contributed by atoms with E-state index in [1.54, 1.807) is 13.8 Å². The van der Waals surface area contributed by atoms with Crippen LogP contribution in [0.15, 0.2) is 48.5 Å². The van der Waals surface area contributed by atoms with E-state index in [9.17, 15) is 19.5 Å². The second-order valence-corrected chi connectivity index (χ2v) is 9.91. The number of methoxy groups -OCH3 is 2. The van der Waals surface area contributed by atoms with Gasteiger partial charge < -0.3 is 24.2 Å². The topological polar surface area (TPSA) is 106 Å². The molecule has 0 bridgehead atoms. The number of benzene rings is 2. The monoisotopic (exact) mass is 512 g/mol. The summed E-state index contributed by atoms with van der Waals surface area (Å²) in [5.41, 5.74) is 3.30. The minimum atomic E-state index is -1.27. The van der Waals surface area contributed by atoms with Crippen LogP contribution in [0.4, 0.5) is 4.79 Å². The van der Waals surface area contributed by atoms with Crippen molar-refractivity contribution in [2.75, 3.05) is 34.9 Å². The molecule has 9 heteroatoms. The molecule has 0 aliphatic heterocycles. The maximum absolute atomic E-state index is 13.3. The van der Waals surface area contributed by atoms with Crippen molar-refractivity contribution in [1.29, 1.82) is 0 Å². The van der Waals surface area contributed by atoms with E-state index in [2.05, 4.69) is 12.1 Å². The van der Waals surface area contributed by atoms with Crippen molar-refractivity contribution in [3.8, 4) is 11.1 Å². The van der Waals surface area contributed by atoms with Gasteiger partial charge in [0.05, 0.1) is 0 Å². The van der Waals surface area contributed by atoms with Gasteiger partial charge in [-0.3, -0.25) is 9.69 Å². The van der Waals surface area contributed by atoms with Crippen LogP contribution in [-0.4, -0.2) is 86.2 Å². The molecule has 1 N–H and O–H groups in total. The number of ether oxygens (including phenoxy) is 3. The standard InChI is InChI=1S/C28H36N2O7/c1-17(24(31)30(5)23(25(32)33)28(2,3)26(35-6)36-7)29(4)27(34)37-16-22-20-14-10-8-12-18(20)19-13-9-11-15-21(19)22/h8-15,17,22-23,26H,16H2,1-7H3,(H,32,33)/t17-,23-/m1/s1. The Labute approximate surface area is 217 Å². The first-order chi connectivity index (χ1) is 17.5. The summed E-state index contributed by atoms with van der Waals surface area (Å²) in [5.74, 6) is -1.88. The van der Waals surface area contributed by atoms with Gasteiger partial charge in [-0.15, -0.1) is 0 Å². The zero-order valence-electron chi connectivity index (χ0n) is 22.4. The van der Waals surface area contributed by atoms with E-state index in [0.29, 0.717) is 0 Å². The highest BCUT2D eigenvalue weighted by atomic mass is 16.7. The minimum Gasteiger partial charge on any atom is -0.480 e. The van der Waals surface area contributed by atoms with Gasteiger partial charge in [-0.25, -0.2) is 9.59 Å². The molecule has 2 aromatic rings. The summed E-state index contributed by atoms with van der Waals surface area (Å²) in [4.78, 5) is 40.8. The second-order valence-electron chi connectivity index (χ2n) is 9.91. The average Bonchev–Trinajstić information content (AvgIpc) is 3.19. The van der Waals surface area contributed by atoms with Crippen LogP contribution in [0.25, 0.3) is 11.1 Å². The summed E-state index contributed by atoms with van der Waals surface area (Å²) in [7, 11) is 5.67.